The maximum Gasteiger partial charge on any atom is 0.125 e. The molecule has 92 valence electrons. The van der Waals surface area contributed by atoms with Crippen LogP contribution in [-0.2, 0) is 6.54 Å². The molecule has 0 aliphatic rings. The van der Waals surface area contributed by atoms with Gasteiger partial charge in [0.25, 0.3) is 0 Å². The van der Waals surface area contributed by atoms with Crippen molar-refractivity contribution >= 4 is 10.9 Å². The van der Waals surface area contributed by atoms with E-state index < -0.39 is 5.60 Å². The zero-order valence-electron chi connectivity index (χ0n) is 10.2. The smallest absolute Gasteiger partial charge is 0.125 e. The molecular weight excluding hydrogens is 219 g/mol. The Labute approximate surface area is 99.9 Å². The molecule has 0 bridgehead atoms. The summed E-state index contributed by atoms with van der Waals surface area (Å²) in [7, 11) is 0. The summed E-state index contributed by atoms with van der Waals surface area (Å²) in [6.07, 6.45) is 3.00. The number of hydrogen-bond donors (Lipinski definition) is 1. The zero-order valence-corrected chi connectivity index (χ0v) is 10.2. The minimum absolute atomic E-state index is 0.282. The summed E-state index contributed by atoms with van der Waals surface area (Å²) >= 11 is 0. The van der Waals surface area contributed by atoms with Gasteiger partial charge in [-0.3, -0.25) is 4.68 Å². The standard InChI is InChI=1S/C13H17FN2O/c1-3-13(17,4-2)9-16-12-7-11(14)6-5-10(12)8-15-16/h5-8,17H,3-4,9H2,1-2H3. The van der Waals surface area contributed by atoms with Crippen LogP contribution < -0.4 is 0 Å². The molecular formula is C13H17FN2O. The molecule has 1 aromatic carbocycles. The molecule has 0 aliphatic carbocycles. The Morgan fingerprint density at radius 2 is 2.06 bits per heavy atom. The first-order chi connectivity index (χ1) is 8.08. The third-order valence-electron chi connectivity index (χ3n) is 3.37. The number of nitrogens with zero attached hydrogens (tertiary/aromatic N) is 2. The molecule has 0 saturated heterocycles. The SMILES string of the molecule is CCC(O)(CC)Cn1ncc2ccc(F)cc21. The van der Waals surface area contributed by atoms with E-state index in [9.17, 15) is 9.50 Å². The Morgan fingerprint density at radius 3 is 2.71 bits per heavy atom. The number of rotatable bonds is 4. The molecule has 0 spiro atoms. The van der Waals surface area contributed by atoms with Crippen LogP contribution in [0.5, 0.6) is 0 Å². The lowest BCUT2D eigenvalue weighted by atomic mass is 9.98. The molecule has 2 rings (SSSR count). The molecule has 1 N–H and O–H groups in total. The Balaban J connectivity index is 2.39. The van der Waals surface area contributed by atoms with Crippen LogP contribution in [0.4, 0.5) is 4.39 Å². The third kappa shape index (κ3) is 2.31. The molecule has 0 fully saturated rings. The van der Waals surface area contributed by atoms with Crippen LogP contribution in [0, 0.1) is 5.82 Å². The highest BCUT2D eigenvalue weighted by Gasteiger charge is 2.23. The van der Waals surface area contributed by atoms with Crippen molar-refractivity contribution < 1.29 is 9.50 Å². The van der Waals surface area contributed by atoms with Crippen LogP contribution in [0.15, 0.2) is 24.4 Å². The van der Waals surface area contributed by atoms with E-state index in [1.807, 2.05) is 13.8 Å². The van der Waals surface area contributed by atoms with Crippen molar-refractivity contribution in [2.45, 2.75) is 38.8 Å². The van der Waals surface area contributed by atoms with Crippen LogP contribution in [0.3, 0.4) is 0 Å². The maximum absolute atomic E-state index is 13.2. The van der Waals surface area contributed by atoms with E-state index >= 15 is 0 Å². The van der Waals surface area contributed by atoms with Crippen molar-refractivity contribution in [2.24, 2.45) is 0 Å². The highest BCUT2D eigenvalue weighted by atomic mass is 19.1. The summed E-state index contributed by atoms with van der Waals surface area (Å²) in [5.74, 6) is -0.282. The number of fused-ring (bicyclic) bond motifs is 1. The van der Waals surface area contributed by atoms with Crippen LogP contribution in [0.1, 0.15) is 26.7 Å². The average molecular weight is 236 g/mol. The average Bonchev–Trinajstić information content (AvgIpc) is 2.72. The van der Waals surface area contributed by atoms with Gasteiger partial charge in [0.05, 0.1) is 23.9 Å². The summed E-state index contributed by atoms with van der Waals surface area (Å²) in [6, 6.07) is 4.57. The number of aromatic nitrogens is 2. The second-order valence-corrected chi connectivity index (χ2v) is 4.44. The predicted octanol–water partition coefficient (Wildman–Crippen LogP) is 2.73. The fourth-order valence-corrected chi connectivity index (χ4v) is 1.92. The molecule has 0 radical (unpaired) electrons. The van der Waals surface area contributed by atoms with Gasteiger partial charge >= 0.3 is 0 Å². The first-order valence-corrected chi connectivity index (χ1v) is 5.91. The van der Waals surface area contributed by atoms with E-state index in [0.717, 1.165) is 10.9 Å². The molecule has 0 amide bonds. The van der Waals surface area contributed by atoms with Crippen molar-refractivity contribution in [1.29, 1.82) is 0 Å². The number of aliphatic hydroxyl groups is 1. The van der Waals surface area contributed by atoms with Crippen molar-refractivity contribution in [3.05, 3.63) is 30.2 Å². The van der Waals surface area contributed by atoms with Crippen LogP contribution in [0.2, 0.25) is 0 Å². The molecule has 17 heavy (non-hydrogen) atoms. The largest absolute Gasteiger partial charge is 0.388 e. The summed E-state index contributed by atoms with van der Waals surface area (Å²) in [5, 5.41) is 15.4. The second-order valence-electron chi connectivity index (χ2n) is 4.44. The fourth-order valence-electron chi connectivity index (χ4n) is 1.92. The zero-order chi connectivity index (χ0) is 12.5. The Morgan fingerprint density at radius 1 is 1.35 bits per heavy atom. The van der Waals surface area contributed by atoms with E-state index in [1.165, 1.54) is 12.1 Å². The van der Waals surface area contributed by atoms with Crippen LogP contribution in [-0.4, -0.2) is 20.5 Å². The Bertz CT molecular complexity index is 517. The second kappa shape index (κ2) is 4.45. The van der Waals surface area contributed by atoms with Gasteiger partial charge in [-0.05, 0) is 31.0 Å². The van der Waals surface area contributed by atoms with Gasteiger partial charge in [-0.15, -0.1) is 0 Å². The monoisotopic (exact) mass is 236 g/mol. The molecule has 0 atom stereocenters. The van der Waals surface area contributed by atoms with Gasteiger partial charge in [0.1, 0.15) is 5.82 Å². The molecule has 1 aromatic heterocycles. The molecule has 2 aromatic rings. The van der Waals surface area contributed by atoms with E-state index in [0.29, 0.717) is 19.4 Å². The topological polar surface area (TPSA) is 38.0 Å². The Kier molecular flexibility index (Phi) is 3.15. The molecule has 3 nitrogen and oxygen atoms in total. The van der Waals surface area contributed by atoms with E-state index in [2.05, 4.69) is 5.10 Å². The molecule has 0 aliphatic heterocycles. The van der Waals surface area contributed by atoms with Gasteiger partial charge in [0, 0.05) is 5.39 Å². The maximum atomic E-state index is 13.2. The number of halogens is 1. The van der Waals surface area contributed by atoms with Crippen molar-refractivity contribution in [1.82, 2.24) is 9.78 Å². The lowest BCUT2D eigenvalue weighted by molar-refractivity contribution is 0.0130. The van der Waals surface area contributed by atoms with E-state index in [4.69, 9.17) is 0 Å². The quantitative estimate of drug-likeness (QED) is 0.886. The van der Waals surface area contributed by atoms with Crippen molar-refractivity contribution in [2.75, 3.05) is 0 Å². The minimum Gasteiger partial charge on any atom is -0.388 e. The van der Waals surface area contributed by atoms with Gasteiger partial charge in [-0.2, -0.15) is 5.10 Å². The number of hydrogen-bond acceptors (Lipinski definition) is 2. The van der Waals surface area contributed by atoms with Crippen LogP contribution >= 0.6 is 0 Å². The van der Waals surface area contributed by atoms with Crippen molar-refractivity contribution in [3.8, 4) is 0 Å². The molecule has 1 heterocycles. The highest BCUT2D eigenvalue weighted by molar-refractivity contribution is 5.78. The summed E-state index contributed by atoms with van der Waals surface area (Å²) < 4.78 is 14.9. The van der Waals surface area contributed by atoms with E-state index in [-0.39, 0.29) is 5.82 Å². The summed E-state index contributed by atoms with van der Waals surface area (Å²) in [6.45, 7) is 4.28. The van der Waals surface area contributed by atoms with Gasteiger partial charge in [0.15, 0.2) is 0 Å². The van der Waals surface area contributed by atoms with Gasteiger partial charge < -0.3 is 5.11 Å². The van der Waals surface area contributed by atoms with Crippen LogP contribution in [0.25, 0.3) is 10.9 Å². The molecule has 0 saturated carbocycles. The summed E-state index contributed by atoms with van der Waals surface area (Å²) in [4.78, 5) is 0. The molecule has 4 heteroatoms. The third-order valence-corrected chi connectivity index (χ3v) is 3.37. The summed E-state index contributed by atoms with van der Waals surface area (Å²) in [5.41, 5.74) is -0.0454. The first-order valence-electron chi connectivity index (χ1n) is 5.91. The minimum atomic E-state index is -0.773. The predicted molar refractivity (Wildman–Crippen MR) is 65.2 cm³/mol. The molecule has 0 unspecified atom stereocenters. The highest BCUT2D eigenvalue weighted by Crippen LogP contribution is 2.21. The lowest BCUT2D eigenvalue weighted by Crippen LogP contribution is -2.32. The normalized spacial score (nSPS) is 12.2. The fraction of sp³-hybridized carbons (Fsp3) is 0.462. The van der Waals surface area contributed by atoms with Gasteiger partial charge in [-0.25, -0.2) is 4.39 Å². The van der Waals surface area contributed by atoms with Crippen molar-refractivity contribution in [3.63, 3.8) is 0 Å². The van der Waals surface area contributed by atoms with Gasteiger partial charge in [-0.1, -0.05) is 13.8 Å². The van der Waals surface area contributed by atoms with E-state index in [1.54, 1.807) is 16.9 Å². The Hall–Kier alpha value is -1.42. The van der Waals surface area contributed by atoms with Gasteiger partial charge in [0.2, 0.25) is 0 Å². The number of benzene rings is 1. The lowest BCUT2D eigenvalue weighted by Gasteiger charge is -2.25. The first kappa shape index (κ1) is 12.0.